The molecule has 2 amide bonds. The third-order valence-corrected chi connectivity index (χ3v) is 3.51. The fraction of sp³-hybridized carbons (Fsp3) is 0.176. The van der Waals surface area contributed by atoms with E-state index in [-0.39, 0.29) is 11.7 Å². The largest absolute Gasteiger partial charge is 0.420 e. The molecule has 0 bridgehead atoms. The Labute approximate surface area is 136 Å². The first kappa shape index (κ1) is 15.8. The predicted octanol–water partition coefficient (Wildman–Crippen LogP) is 3.96. The minimum absolute atomic E-state index is 0.0399. The van der Waals surface area contributed by atoms with Crippen LogP contribution in [0.25, 0.3) is 11.1 Å². The fourth-order valence-corrected chi connectivity index (χ4v) is 2.45. The number of benzene rings is 2. The van der Waals surface area contributed by atoms with Gasteiger partial charge in [0.1, 0.15) is 5.82 Å². The Balaban J connectivity index is 1.82. The van der Waals surface area contributed by atoms with Gasteiger partial charge in [0, 0.05) is 17.8 Å². The molecule has 1 aromatic heterocycles. The molecule has 124 valence electrons. The average molecular weight is 329 g/mol. The number of nitrogens with zero attached hydrogens (tertiary/aromatic N) is 1. The Kier molecular flexibility index (Phi) is 4.07. The Bertz CT molecular complexity index is 959. The highest BCUT2D eigenvalue weighted by Gasteiger charge is 2.13. The van der Waals surface area contributed by atoms with Crippen LogP contribution in [0.4, 0.5) is 20.6 Å². The number of hydrogen-bond acceptors (Lipinski definition) is 3. The van der Waals surface area contributed by atoms with Crippen molar-refractivity contribution in [2.45, 2.75) is 19.9 Å². The standard InChI is InChI=1S/C17H16FN3O3/c1-10(2)21-14-8-7-11(9-15(14)24-17(21)23)19-16(22)20-13-6-4-3-5-12(13)18/h3-10H,1-2H3,(H2,19,20,22). The summed E-state index contributed by atoms with van der Waals surface area (Å²) >= 11 is 0. The van der Waals surface area contributed by atoms with Crippen LogP contribution >= 0.6 is 0 Å². The summed E-state index contributed by atoms with van der Waals surface area (Å²) < 4.78 is 20.2. The number of carbonyl (C=O) groups excluding carboxylic acids is 1. The molecular weight excluding hydrogens is 313 g/mol. The quantitative estimate of drug-likeness (QED) is 0.763. The summed E-state index contributed by atoms with van der Waals surface area (Å²) in [7, 11) is 0. The number of fused-ring (bicyclic) bond motifs is 1. The second-order valence-electron chi connectivity index (χ2n) is 5.57. The van der Waals surface area contributed by atoms with Gasteiger partial charge in [-0.05, 0) is 38.1 Å². The first-order valence-corrected chi connectivity index (χ1v) is 7.43. The highest BCUT2D eigenvalue weighted by molar-refractivity contribution is 6.00. The van der Waals surface area contributed by atoms with E-state index in [1.165, 1.54) is 22.8 Å². The number of oxazole rings is 1. The molecule has 0 unspecified atom stereocenters. The van der Waals surface area contributed by atoms with Crippen LogP contribution in [-0.4, -0.2) is 10.6 Å². The molecule has 0 atom stereocenters. The van der Waals surface area contributed by atoms with Gasteiger partial charge in [0.2, 0.25) is 0 Å². The van der Waals surface area contributed by atoms with Gasteiger partial charge in [0.15, 0.2) is 5.58 Å². The molecule has 0 fully saturated rings. The number of urea groups is 1. The molecule has 0 aliphatic carbocycles. The van der Waals surface area contributed by atoms with E-state index in [0.717, 1.165) is 0 Å². The van der Waals surface area contributed by atoms with Gasteiger partial charge in [-0.1, -0.05) is 12.1 Å². The molecule has 0 saturated heterocycles. The fourth-order valence-electron chi connectivity index (χ4n) is 2.45. The first-order valence-electron chi connectivity index (χ1n) is 7.43. The Hall–Kier alpha value is -3.09. The van der Waals surface area contributed by atoms with E-state index in [0.29, 0.717) is 16.8 Å². The molecule has 2 aromatic carbocycles. The van der Waals surface area contributed by atoms with E-state index in [2.05, 4.69) is 10.6 Å². The summed E-state index contributed by atoms with van der Waals surface area (Å²) in [6.45, 7) is 3.76. The molecular formula is C17H16FN3O3. The molecule has 0 aliphatic rings. The van der Waals surface area contributed by atoms with E-state index in [9.17, 15) is 14.0 Å². The van der Waals surface area contributed by atoms with E-state index < -0.39 is 17.6 Å². The lowest BCUT2D eigenvalue weighted by atomic mass is 10.2. The lowest BCUT2D eigenvalue weighted by molar-refractivity contribution is 0.262. The molecule has 6 nitrogen and oxygen atoms in total. The zero-order chi connectivity index (χ0) is 17.3. The average Bonchev–Trinajstić information content (AvgIpc) is 2.84. The van der Waals surface area contributed by atoms with Crippen LogP contribution in [0.1, 0.15) is 19.9 Å². The SMILES string of the molecule is CC(C)n1c(=O)oc2cc(NC(=O)Nc3ccccc3F)ccc21. The Morgan fingerprint density at radius 3 is 2.62 bits per heavy atom. The number of nitrogens with one attached hydrogen (secondary N) is 2. The van der Waals surface area contributed by atoms with E-state index >= 15 is 0 Å². The molecule has 3 rings (SSSR count). The normalized spacial score (nSPS) is 11.0. The highest BCUT2D eigenvalue weighted by atomic mass is 19.1. The van der Waals surface area contributed by atoms with E-state index in [4.69, 9.17) is 4.42 Å². The van der Waals surface area contributed by atoms with Crippen molar-refractivity contribution in [2.24, 2.45) is 0 Å². The molecule has 24 heavy (non-hydrogen) atoms. The molecule has 1 heterocycles. The monoisotopic (exact) mass is 329 g/mol. The molecule has 0 spiro atoms. The molecule has 7 heteroatoms. The van der Waals surface area contributed by atoms with E-state index in [1.54, 1.807) is 24.3 Å². The third kappa shape index (κ3) is 3.01. The van der Waals surface area contributed by atoms with Crippen LogP contribution in [0, 0.1) is 5.82 Å². The zero-order valence-corrected chi connectivity index (χ0v) is 13.2. The Morgan fingerprint density at radius 2 is 1.92 bits per heavy atom. The number of carbonyl (C=O) groups is 1. The van der Waals surface area contributed by atoms with E-state index in [1.807, 2.05) is 13.8 Å². The maximum atomic E-state index is 13.5. The zero-order valence-electron chi connectivity index (χ0n) is 13.2. The van der Waals surface area contributed by atoms with Crippen molar-refractivity contribution >= 4 is 28.5 Å². The summed E-state index contributed by atoms with van der Waals surface area (Å²) in [6.07, 6.45) is 0. The van der Waals surface area contributed by atoms with Crippen LogP contribution < -0.4 is 16.4 Å². The highest BCUT2D eigenvalue weighted by Crippen LogP contribution is 2.21. The van der Waals surface area contributed by atoms with Gasteiger partial charge in [0.05, 0.1) is 11.2 Å². The lowest BCUT2D eigenvalue weighted by Crippen LogP contribution is -2.20. The number of rotatable bonds is 3. The van der Waals surface area contributed by atoms with Gasteiger partial charge < -0.3 is 15.1 Å². The number of aromatic nitrogens is 1. The summed E-state index contributed by atoms with van der Waals surface area (Å²) in [5, 5.41) is 5.00. The Morgan fingerprint density at radius 1 is 1.17 bits per heavy atom. The van der Waals surface area contributed by atoms with Gasteiger partial charge in [-0.25, -0.2) is 14.0 Å². The minimum Gasteiger partial charge on any atom is -0.408 e. The maximum absolute atomic E-state index is 13.5. The second-order valence-corrected chi connectivity index (χ2v) is 5.57. The second kappa shape index (κ2) is 6.19. The van der Waals surface area contributed by atoms with Gasteiger partial charge in [0.25, 0.3) is 0 Å². The van der Waals surface area contributed by atoms with Crippen molar-refractivity contribution in [2.75, 3.05) is 10.6 Å². The molecule has 0 aliphatic heterocycles. The van der Waals surface area contributed by atoms with Crippen molar-refractivity contribution in [3.8, 4) is 0 Å². The van der Waals surface area contributed by atoms with Crippen molar-refractivity contribution < 1.29 is 13.6 Å². The topological polar surface area (TPSA) is 76.3 Å². The van der Waals surface area contributed by atoms with Crippen LogP contribution in [0.15, 0.2) is 51.7 Å². The van der Waals surface area contributed by atoms with Crippen LogP contribution in [0.3, 0.4) is 0 Å². The van der Waals surface area contributed by atoms with Gasteiger partial charge in [-0.2, -0.15) is 0 Å². The third-order valence-electron chi connectivity index (χ3n) is 3.51. The number of halogens is 1. The van der Waals surface area contributed by atoms with Crippen molar-refractivity contribution in [3.05, 3.63) is 58.8 Å². The number of anilines is 2. The molecule has 0 saturated carbocycles. The molecule has 3 aromatic rings. The number of hydrogen-bond donors (Lipinski definition) is 2. The summed E-state index contributed by atoms with van der Waals surface area (Å²) in [5.74, 6) is -0.976. The summed E-state index contributed by atoms with van der Waals surface area (Å²) in [5.41, 5.74) is 1.53. The smallest absolute Gasteiger partial charge is 0.408 e. The molecule has 2 N–H and O–H groups in total. The lowest BCUT2D eigenvalue weighted by Gasteiger charge is -2.09. The van der Waals surface area contributed by atoms with Gasteiger partial charge in [-0.15, -0.1) is 0 Å². The summed E-state index contributed by atoms with van der Waals surface area (Å²) in [6, 6.07) is 10.1. The first-order chi connectivity index (χ1) is 11.5. The van der Waals surface area contributed by atoms with Crippen molar-refractivity contribution in [3.63, 3.8) is 0 Å². The van der Waals surface area contributed by atoms with Crippen LogP contribution in [0.2, 0.25) is 0 Å². The van der Waals surface area contributed by atoms with Crippen molar-refractivity contribution in [1.82, 2.24) is 4.57 Å². The summed E-state index contributed by atoms with van der Waals surface area (Å²) in [4.78, 5) is 23.8. The van der Waals surface area contributed by atoms with Gasteiger partial charge >= 0.3 is 11.8 Å². The molecule has 0 radical (unpaired) electrons. The predicted molar refractivity (Wildman–Crippen MR) is 89.9 cm³/mol. The van der Waals surface area contributed by atoms with Crippen molar-refractivity contribution in [1.29, 1.82) is 0 Å². The minimum atomic E-state index is -0.593. The van der Waals surface area contributed by atoms with Gasteiger partial charge in [-0.3, -0.25) is 4.57 Å². The maximum Gasteiger partial charge on any atom is 0.420 e. The van der Waals surface area contributed by atoms with Crippen LogP contribution in [0.5, 0.6) is 0 Å². The number of amides is 2. The number of para-hydroxylation sites is 1. The van der Waals surface area contributed by atoms with Crippen LogP contribution in [-0.2, 0) is 0 Å².